The van der Waals surface area contributed by atoms with Gasteiger partial charge in [0.05, 0.1) is 0 Å². The van der Waals surface area contributed by atoms with Gasteiger partial charge >= 0.3 is 0 Å². The Labute approximate surface area is 142 Å². The minimum atomic E-state index is -0.610. The number of carbonyl (C=O) groups excluding carboxylic acids is 1. The van der Waals surface area contributed by atoms with Crippen molar-refractivity contribution in [1.29, 1.82) is 0 Å². The van der Waals surface area contributed by atoms with Gasteiger partial charge in [-0.05, 0) is 40.8 Å². The maximum Gasteiger partial charge on any atom is 0.239 e. The summed E-state index contributed by atoms with van der Waals surface area (Å²) in [5.41, 5.74) is 4.74. The Bertz CT molecular complexity index is 886. The third-order valence-electron chi connectivity index (χ3n) is 5.02. The number of hydrogen-bond acceptors (Lipinski definition) is 1. The van der Waals surface area contributed by atoms with Gasteiger partial charge in [0, 0.05) is 5.69 Å². The molecule has 1 aliphatic heterocycles. The average molecular weight is 313 g/mol. The largest absolute Gasteiger partial charge is 0.325 e. The van der Waals surface area contributed by atoms with Crippen LogP contribution in [-0.4, -0.2) is 5.91 Å². The zero-order valence-corrected chi connectivity index (χ0v) is 13.6. The average Bonchev–Trinajstić information content (AvgIpc) is 2.94. The molecule has 1 atom stereocenters. The molecule has 24 heavy (non-hydrogen) atoms. The van der Waals surface area contributed by atoms with Crippen LogP contribution in [0.5, 0.6) is 0 Å². The third kappa shape index (κ3) is 2.07. The molecule has 118 valence electrons. The van der Waals surface area contributed by atoms with Gasteiger partial charge in [-0.3, -0.25) is 4.79 Å². The third-order valence-corrected chi connectivity index (χ3v) is 5.02. The number of nitrogens with one attached hydrogen (secondary N) is 1. The van der Waals surface area contributed by atoms with Crippen LogP contribution in [0.3, 0.4) is 0 Å². The molecular weight excluding hydrogens is 294 g/mol. The predicted octanol–water partition coefficient (Wildman–Crippen LogP) is 5.00. The fourth-order valence-corrected chi connectivity index (χ4v) is 3.73. The SMILES string of the molecule is CCC1(c2ccccc2)C(=O)Nc2ccc(-c3ccccc3)cc21. The van der Waals surface area contributed by atoms with Crippen molar-refractivity contribution >= 4 is 11.6 Å². The van der Waals surface area contributed by atoms with E-state index in [-0.39, 0.29) is 5.91 Å². The van der Waals surface area contributed by atoms with E-state index in [0.29, 0.717) is 0 Å². The molecular formula is C22H19NO. The summed E-state index contributed by atoms with van der Waals surface area (Å²) in [5, 5.41) is 3.08. The van der Waals surface area contributed by atoms with Crippen LogP contribution in [0.1, 0.15) is 24.5 Å². The zero-order chi connectivity index (χ0) is 16.6. The maximum absolute atomic E-state index is 12.9. The van der Waals surface area contributed by atoms with Crippen LogP contribution in [0, 0.1) is 0 Å². The molecule has 3 aromatic carbocycles. The van der Waals surface area contributed by atoms with Crippen molar-refractivity contribution in [3.63, 3.8) is 0 Å². The Morgan fingerprint density at radius 3 is 2.17 bits per heavy atom. The van der Waals surface area contributed by atoms with Crippen LogP contribution < -0.4 is 5.32 Å². The van der Waals surface area contributed by atoms with Gasteiger partial charge in [0.1, 0.15) is 5.41 Å². The summed E-state index contributed by atoms with van der Waals surface area (Å²) in [6.07, 6.45) is 0.730. The molecule has 0 bridgehead atoms. The van der Waals surface area contributed by atoms with Crippen molar-refractivity contribution < 1.29 is 4.79 Å². The molecule has 1 unspecified atom stereocenters. The van der Waals surface area contributed by atoms with Crippen molar-refractivity contribution in [2.75, 3.05) is 5.32 Å². The van der Waals surface area contributed by atoms with E-state index in [1.54, 1.807) is 0 Å². The number of hydrogen-bond donors (Lipinski definition) is 1. The number of carbonyl (C=O) groups is 1. The molecule has 0 aliphatic carbocycles. The number of fused-ring (bicyclic) bond motifs is 1. The number of amides is 1. The minimum absolute atomic E-state index is 0.0661. The van der Waals surface area contributed by atoms with Crippen molar-refractivity contribution in [3.8, 4) is 11.1 Å². The van der Waals surface area contributed by atoms with Gasteiger partial charge in [-0.15, -0.1) is 0 Å². The van der Waals surface area contributed by atoms with Crippen LogP contribution in [-0.2, 0) is 10.2 Å². The Morgan fingerprint density at radius 1 is 0.833 bits per heavy atom. The molecule has 1 aliphatic rings. The lowest BCUT2D eigenvalue weighted by molar-refractivity contribution is -0.119. The van der Waals surface area contributed by atoms with Gasteiger partial charge in [0.2, 0.25) is 5.91 Å². The molecule has 0 saturated carbocycles. The molecule has 1 amide bonds. The maximum atomic E-state index is 12.9. The highest BCUT2D eigenvalue weighted by Gasteiger charge is 2.46. The molecule has 0 radical (unpaired) electrons. The summed E-state index contributed by atoms with van der Waals surface area (Å²) < 4.78 is 0. The van der Waals surface area contributed by atoms with E-state index in [4.69, 9.17) is 0 Å². The summed E-state index contributed by atoms with van der Waals surface area (Å²) in [6, 6.07) is 26.6. The second-order valence-electron chi connectivity index (χ2n) is 6.21. The quantitative estimate of drug-likeness (QED) is 0.724. The van der Waals surface area contributed by atoms with Gasteiger partial charge < -0.3 is 5.32 Å². The predicted molar refractivity (Wildman–Crippen MR) is 98.0 cm³/mol. The van der Waals surface area contributed by atoms with Gasteiger partial charge in [-0.2, -0.15) is 0 Å². The lowest BCUT2D eigenvalue weighted by Crippen LogP contribution is -2.34. The molecule has 4 rings (SSSR count). The molecule has 0 fully saturated rings. The lowest BCUT2D eigenvalue weighted by atomic mass is 9.73. The monoisotopic (exact) mass is 313 g/mol. The highest BCUT2D eigenvalue weighted by molar-refractivity contribution is 6.09. The lowest BCUT2D eigenvalue weighted by Gasteiger charge is -2.27. The summed E-state index contributed by atoms with van der Waals surface area (Å²) in [7, 11) is 0. The normalized spacial score (nSPS) is 19.0. The first-order valence-electron chi connectivity index (χ1n) is 8.32. The van der Waals surface area contributed by atoms with Gasteiger partial charge in [-0.1, -0.05) is 73.7 Å². The van der Waals surface area contributed by atoms with E-state index in [0.717, 1.165) is 34.4 Å². The van der Waals surface area contributed by atoms with Crippen molar-refractivity contribution in [1.82, 2.24) is 0 Å². The fourth-order valence-electron chi connectivity index (χ4n) is 3.73. The molecule has 2 heteroatoms. The molecule has 1 N–H and O–H groups in total. The van der Waals surface area contributed by atoms with Crippen molar-refractivity contribution in [2.24, 2.45) is 0 Å². The van der Waals surface area contributed by atoms with E-state index in [1.807, 2.05) is 54.6 Å². The van der Waals surface area contributed by atoms with E-state index in [9.17, 15) is 4.79 Å². The second-order valence-corrected chi connectivity index (χ2v) is 6.21. The highest BCUT2D eigenvalue weighted by atomic mass is 16.2. The second kappa shape index (κ2) is 5.64. The first kappa shape index (κ1) is 14.7. The van der Waals surface area contributed by atoms with Crippen LogP contribution >= 0.6 is 0 Å². The summed E-state index contributed by atoms with van der Waals surface area (Å²) in [4.78, 5) is 12.9. The molecule has 1 heterocycles. The standard InChI is InChI=1S/C22H19NO/c1-2-22(18-11-7-4-8-12-18)19-15-17(16-9-5-3-6-10-16)13-14-20(19)23-21(22)24/h3-15H,2H2,1H3,(H,23,24). The smallest absolute Gasteiger partial charge is 0.239 e. The topological polar surface area (TPSA) is 29.1 Å². The number of benzene rings is 3. The number of rotatable bonds is 3. The highest BCUT2D eigenvalue weighted by Crippen LogP contribution is 2.46. The van der Waals surface area contributed by atoms with E-state index < -0.39 is 5.41 Å². The fraction of sp³-hybridized carbons (Fsp3) is 0.136. The van der Waals surface area contributed by atoms with Crippen LogP contribution in [0.15, 0.2) is 78.9 Å². The van der Waals surface area contributed by atoms with E-state index in [2.05, 4.69) is 36.5 Å². The Balaban J connectivity index is 1.93. The zero-order valence-electron chi connectivity index (χ0n) is 13.6. The van der Waals surface area contributed by atoms with Crippen molar-refractivity contribution in [3.05, 3.63) is 90.0 Å². The molecule has 0 aromatic heterocycles. The summed E-state index contributed by atoms with van der Waals surface area (Å²) in [6.45, 7) is 2.08. The summed E-state index contributed by atoms with van der Waals surface area (Å²) >= 11 is 0. The van der Waals surface area contributed by atoms with E-state index in [1.165, 1.54) is 0 Å². The molecule has 2 nitrogen and oxygen atoms in total. The first-order valence-corrected chi connectivity index (χ1v) is 8.32. The Morgan fingerprint density at radius 2 is 1.50 bits per heavy atom. The minimum Gasteiger partial charge on any atom is -0.325 e. The van der Waals surface area contributed by atoms with Gasteiger partial charge in [0.25, 0.3) is 0 Å². The molecule has 3 aromatic rings. The van der Waals surface area contributed by atoms with Crippen LogP contribution in [0.4, 0.5) is 5.69 Å². The Kier molecular flexibility index (Phi) is 3.46. The van der Waals surface area contributed by atoms with Crippen LogP contribution in [0.25, 0.3) is 11.1 Å². The number of anilines is 1. The van der Waals surface area contributed by atoms with Crippen molar-refractivity contribution in [2.45, 2.75) is 18.8 Å². The van der Waals surface area contributed by atoms with Gasteiger partial charge in [0.15, 0.2) is 0 Å². The first-order chi connectivity index (χ1) is 11.8. The van der Waals surface area contributed by atoms with Gasteiger partial charge in [-0.25, -0.2) is 0 Å². The van der Waals surface area contributed by atoms with Crippen LogP contribution in [0.2, 0.25) is 0 Å². The summed E-state index contributed by atoms with van der Waals surface area (Å²) in [5.74, 6) is 0.0661. The Hall–Kier alpha value is -2.87. The molecule has 0 saturated heterocycles. The molecule has 0 spiro atoms. The van der Waals surface area contributed by atoms with E-state index >= 15 is 0 Å².